The molecule has 0 bridgehead atoms. The number of ether oxygens (including phenoxy) is 4. The Bertz CT molecular complexity index is 1150. The third kappa shape index (κ3) is 9.32. The van der Waals surface area contributed by atoms with Crippen LogP contribution in [0.2, 0.25) is 0 Å². The monoisotopic (exact) mass is 510 g/mol. The van der Waals surface area contributed by atoms with Crippen molar-refractivity contribution in [2.45, 2.75) is 12.8 Å². The highest BCUT2D eigenvalue weighted by atomic mass is 16.5. The summed E-state index contributed by atoms with van der Waals surface area (Å²) in [7, 11) is 0. The van der Waals surface area contributed by atoms with Crippen LogP contribution in [0.1, 0.15) is 12.8 Å². The zero-order valence-electron chi connectivity index (χ0n) is 21.1. The molecule has 6 heteroatoms. The average Bonchev–Trinajstić information content (AvgIpc) is 2.97. The van der Waals surface area contributed by atoms with Crippen molar-refractivity contribution in [1.29, 1.82) is 0 Å². The maximum atomic E-state index is 11.0. The van der Waals surface area contributed by atoms with Crippen LogP contribution in [-0.2, 0) is 19.1 Å². The number of benzene rings is 3. The van der Waals surface area contributed by atoms with Gasteiger partial charge in [0.05, 0.1) is 25.7 Å². The molecule has 0 spiro atoms. The molecule has 0 saturated heterocycles. The Morgan fingerprint density at radius 1 is 0.553 bits per heavy atom. The number of hydrogen-bond donors (Lipinski definition) is 0. The van der Waals surface area contributed by atoms with Gasteiger partial charge in [0.2, 0.25) is 0 Å². The van der Waals surface area contributed by atoms with E-state index in [2.05, 4.69) is 37.4 Å². The molecule has 38 heavy (non-hydrogen) atoms. The zero-order chi connectivity index (χ0) is 27.0. The van der Waals surface area contributed by atoms with E-state index in [9.17, 15) is 9.59 Å². The summed E-state index contributed by atoms with van der Waals surface area (Å²) in [6.07, 6.45) is 9.60. The molecular weight excluding hydrogens is 480 g/mol. The van der Waals surface area contributed by atoms with Crippen LogP contribution in [-0.4, -0.2) is 25.2 Å². The molecule has 0 radical (unpaired) electrons. The highest BCUT2D eigenvalue weighted by Gasteiger charge is 2.03. The van der Waals surface area contributed by atoms with Gasteiger partial charge in [-0.05, 0) is 58.7 Å². The van der Waals surface area contributed by atoms with Gasteiger partial charge in [-0.2, -0.15) is 0 Å². The molecule has 0 atom stereocenters. The topological polar surface area (TPSA) is 71.1 Å². The summed E-state index contributed by atoms with van der Waals surface area (Å²) >= 11 is 0. The highest BCUT2D eigenvalue weighted by molar-refractivity contribution is 5.82. The molecule has 0 unspecified atom stereocenters. The lowest BCUT2D eigenvalue weighted by Gasteiger charge is -2.09. The van der Waals surface area contributed by atoms with Crippen molar-refractivity contribution in [1.82, 2.24) is 0 Å². The van der Waals surface area contributed by atoms with Crippen LogP contribution < -0.4 is 9.47 Å². The highest BCUT2D eigenvalue weighted by Crippen LogP contribution is 2.27. The van der Waals surface area contributed by atoms with Crippen LogP contribution in [0.3, 0.4) is 0 Å². The van der Waals surface area contributed by atoms with Gasteiger partial charge in [-0.3, -0.25) is 0 Å². The Kier molecular flexibility index (Phi) is 11.2. The maximum absolute atomic E-state index is 11.0. The molecule has 0 aromatic heterocycles. The molecule has 0 aliphatic rings. The van der Waals surface area contributed by atoms with Gasteiger partial charge in [0.1, 0.15) is 11.5 Å². The van der Waals surface area contributed by atoms with E-state index in [4.69, 9.17) is 18.9 Å². The molecule has 0 amide bonds. The van der Waals surface area contributed by atoms with Crippen molar-refractivity contribution in [3.8, 4) is 33.8 Å². The second kappa shape index (κ2) is 15.3. The summed E-state index contributed by atoms with van der Waals surface area (Å²) in [6, 6.07) is 24.2. The van der Waals surface area contributed by atoms with Crippen LogP contribution in [0.25, 0.3) is 22.3 Å². The smallest absolute Gasteiger partial charge is 0.334 e. The summed E-state index contributed by atoms with van der Waals surface area (Å²) < 4.78 is 21.0. The minimum atomic E-state index is -0.485. The van der Waals surface area contributed by atoms with Crippen molar-refractivity contribution >= 4 is 11.9 Å². The van der Waals surface area contributed by atoms with Gasteiger partial charge in [-0.15, -0.1) is 0 Å². The molecule has 0 heterocycles. The van der Waals surface area contributed by atoms with Gasteiger partial charge in [0.15, 0.2) is 0 Å². The quantitative estimate of drug-likeness (QED) is 0.100. The molecule has 0 N–H and O–H groups in total. The second-order valence-corrected chi connectivity index (χ2v) is 7.93. The molecule has 6 nitrogen and oxygen atoms in total. The predicted molar refractivity (Wildman–Crippen MR) is 148 cm³/mol. The standard InChI is InChI=1S/C32H30O6/c1-3-31(33)37-23-7-5-21-35-29-17-13-27(14-18-29)25-9-11-26(12-10-25)28-15-19-30(20-16-28)36-22-6-8-24-38-32(34)4-2/h3-4,7-20,23-24H,1-2,5-6,21-22H2. The normalized spacial score (nSPS) is 10.7. The van der Waals surface area contributed by atoms with E-state index >= 15 is 0 Å². The van der Waals surface area contributed by atoms with Crippen molar-refractivity contribution in [2.24, 2.45) is 0 Å². The molecule has 3 aromatic carbocycles. The molecular formula is C32H30O6. The molecule has 3 aromatic rings. The van der Waals surface area contributed by atoms with Gasteiger partial charge >= 0.3 is 11.9 Å². The summed E-state index contributed by atoms with van der Waals surface area (Å²) in [5, 5.41) is 0. The number of hydrogen-bond acceptors (Lipinski definition) is 6. The third-order valence-corrected chi connectivity index (χ3v) is 5.26. The fraction of sp³-hybridized carbons (Fsp3) is 0.125. The lowest BCUT2D eigenvalue weighted by atomic mass is 10.0. The minimum Gasteiger partial charge on any atom is -0.493 e. The molecule has 194 valence electrons. The minimum absolute atomic E-state index is 0.476. The molecule has 3 rings (SSSR count). The first kappa shape index (κ1) is 27.7. The van der Waals surface area contributed by atoms with E-state index in [1.807, 2.05) is 48.5 Å². The van der Waals surface area contributed by atoms with E-state index in [-0.39, 0.29) is 0 Å². The van der Waals surface area contributed by atoms with E-state index < -0.39 is 11.9 Å². The van der Waals surface area contributed by atoms with E-state index in [1.165, 1.54) is 12.5 Å². The SMILES string of the molecule is C=CC(=O)OC=CCCOc1ccc(-c2ccc(-c3ccc(OCCC=COC(=O)C=C)cc3)cc2)cc1. The van der Waals surface area contributed by atoms with Crippen molar-refractivity contribution in [3.05, 3.63) is 123 Å². The molecule has 0 aliphatic carbocycles. The first-order chi connectivity index (χ1) is 18.6. The first-order valence-corrected chi connectivity index (χ1v) is 12.1. The van der Waals surface area contributed by atoms with E-state index in [0.29, 0.717) is 26.1 Å². The van der Waals surface area contributed by atoms with E-state index in [1.54, 1.807) is 12.2 Å². The predicted octanol–water partition coefficient (Wildman–Crippen LogP) is 7.04. The van der Waals surface area contributed by atoms with Crippen LogP contribution >= 0.6 is 0 Å². The van der Waals surface area contributed by atoms with Gasteiger partial charge in [0.25, 0.3) is 0 Å². The van der Waals surface area contributed by atoms with Gasteiger partial charge < -0.3 is 18.9 Å². The Morgan fingerprint density at radius 3 is 1.18 bits per heavy atom. The van der Waals surface area contributed by atoms with Gasteiger partial charge in [0, 0.05) is 25.0 Å². The summed E-state index contributed by atoms with van der Waals surface area (Å²) in [6.45, 7) is 7.62. The summed E-state index contributed by atoms with van der Waals surface area (Å²) in [5.41, 5.74) is 4.41. The van der Waals surface area contributed by atoms with Crippen molar-refractivity contribution in [2.75, 3.05) is 13.2 Å². The summed E-state index contributed by atoms with van der Waals surface area (Å²) in [4.78, 5) is 21.9. The van der Waals surface area contributed by atoms with Gasteiger partial charge in [-0.1, -0.05) is 61.7 Å². The Balaban J connectivity index is 1.45. The molecule has 0 aliphatic heterocycles. The first-order valence-electron chi connectivity index (χ1n) is 12.1. The van der Waals surface area contributed by atoms with Gasteiger partial charge in [-0.25, -0.2) is 9.59 Å². The Hall–Kier alpha value is -4.84. The fourth-order valence-electron chi connectivity index (χ4n) is 3.29. The number of esters is 2. The number of carbonyl (C=O) groups is 2. The Morgan fingerprint density at radius 2 is 0.868 bits per heavy atom. The third-order valence-electron chi connectivity index (χ3n) is 5.26. The van der Waals surface area contributed by atoms with Crippen LogP contribution in [0.4, 0.5) is 0 Å². The van der Waals surface area contributed by atoms with Crippen LogP contribution in [0, 0.1) is 0 Å². The van der Waals surface area contributed by atoms with E-state index in [0.717, 1.165) is 45.9 Å². The average molecular weight is 511 g/mol. The second-order valence-electron chi connectivity index (χ2n) is 7.93. The largest absolute Gasteiger partial charge is 0.493 e. The lowest BCUT2D eigenvalue weighted by molar-refractivity contribution is -0.133. The number of rotatable bonds is 14. The molecule has 0 fully saturated rings. The number of carbonyl (C=O) groups excluding carboxylic acids is 2. The molecule has 0 saturated carbocycles. The van der Waals surface area contributed by atoms with Crippen molar-refractivity contribution < 1.29 is 28.5 Å². The van der Waals surface area contributed by atoms with Crippen LogP contribution in [0.15, 0.2) is 123 Å². The fourth-order valence-corrected chi connectivity index (χ4v) is 3.29. The Labute approximate surface area is 223 Å². The van der Waals surface area contributed by atoms with Crippen molar-refractivity contribution in [3.63, 3.8) is 0 Å². The summed E-state index contributed by atoms with van der Waals surface area (Å²) in [5.74, 6) is 0.580. The maximum Gasteiger partial charge on any atom is 0.334 e. The lowest BCUT2D eigenvalue weighted by Crippen LogP contribution is -1.96. The van der Waals surface area contributed by atoms with Crippen LogP contribution in [0.5, 0.6) is 11.5 Å². The zero-order valence-corrected chi connectivity index (χ0v) is 21.1.